The maximum absolute atomic E-state index is 6.50. The Morgan fingerprint density at radius 3 is 2.82 bits per heavy atom. The van der Waals surface area contributed by atoms with Crippen molar-refractivity contribution in [1.29, 1.82) is 0 Å². The van der Waals surface area contributed by atoms with Crippen LogP contribution in [0.4, 0.5) is 0 Å². The van der Waals surface area contributed by atoms with Gasteiger partial charge in [-0.25, -0.2) is 0 Å². The average molecular weight is 300 g/mol. The van der Waals surface area contributed by atoms with Crippen LogP contribution in [0, 0.1) is 5.92 Å². The van der Waals surface area contributed by atoms with Gasteiger partial charge in [-0.2, -0.15) is 0 Å². The van der Waals surface area contributed by atoms with Crippen LogP contribution in [0.15, 0.2) is 35.9 Å². The summed E-state index contributed by atoms with van der Waals surface area (Å²) in [5.74, 6) is 1.46. The third-order valence-corrected chi connectivity index (χ3v) is 5.17. The maximum Gasteiger partial charge on any atom is 0.125 e. The second-order valence-corrected chi connectivity index (χ2v) is 7.32. The van der Waals surface area contributed by atoms with Crippen molar-refractivity contribution in [3.8, 4) is 5.75 Å². The van der Waals surface area contributed by atoms with Gasteiger partial charge in [-0.15, -0.1) is 0 Å². The van der Waals surface area contributed by atoms with E-state index in [2.05, 4.69) is 58.0 Å². The number of ether oxygens (including phenoxy) is 2. The lowest BCUT2D eigenvalue weighted by atomic mass is 9.72. The Kier molecular flexibility index (Phi) is 4.31. The zero-order valence-corrected chi connectivity index (χ0v) is 14.3. The molecule has 2 nitrogen and oxygen atoms in total. The Hall–Kier alpha value is -1.28. The van der Waals surface area contributed by atoms with Crippen LogP contribution in [0.25, 0.3) is 0 Å². The van der Waals surface area contributed by atoms with Gasteiger partial charge in [0.05, 0.1) is 12.2 Å². The molecule has 4 atom stereocenters. The van der Waals surface area contributed by atoms with E-state index in [1.807, 2.05) is 0 Å². The first-order valence-corrected chi connectivity index (χ1v) is 8.56. The van der Waals surface area contributed by atoms with Crippen LogP contribution >= 0.6 is 0 Å². The van der Waals surface area contributed by atoms with Crippen LogP contribution in [0.5, 0.6) is 5.75 Å². The summed E-state index contributed by atoms with van der Waals surface area (Å²) in [6.07, 6.45) is 7.28. The molecule has 0 bridgehead atoms. The minimum atomic E-state index is -0.134. The van der Waals surface area contributed by atoms with Gasteiger partial charge < -0.3 is 9.47 Å². The molecule has 2 heterocycles. The predicted octanol–water partition coefficient (Wildman–Crippen LogP) is 5.44. The van der Waals surface area contributed by atoms with Crippen molar-refractivity contribution in [2.24, 2.45) is 5.92 Å². The average Bonchev–Trinajstić information content (AvgIpc) is 2.46. The monoisotopic (exact) mass is 300 g/mol. The first kappa shape index (κ1) is 15.6. The van der Waals surface area contributed by atoms with E-state index < -0.39 is 0 Å². The molecule has 2 heteroatoms. The molecular formula is C20H28O2. The van der Waals surface area contributed by atoms with E-state index >= 15 is 0 Å². The van der Waals surface area contributed by atoms with Crippen molar-refractivity contribution in [3.05, 3.63) is 41.5 Å². The van der Waals surface area contributed by atoms with Crippen molar-refractivity contribution in [3.63, 3.8) is 0 Å². The van der Waals surface area contributed by atoms with Crippen LogP contribution in [-0.2, 0) is 4.74 Å². The highest BCUT2D eigenvalue weighted by Gasteiger charge is 2.48. The van der Waals surface area contributed by atoms with Gasteiger partial charge in [0.2, 0.25) is 0 Å². The fourth-order valence-electron chi connectivity index (χ4n) is 3.91. The highest BCUT2D eigenvalue weighted by Crippen LogP contribution is 2.51. The fraction of sp³-hybridized carbons (Fsp3) is 0.600. The molecule has 0 N–H and O–H groups in total. The molecule has 1 saturated heterocycles. The SMILES string of the molecule is CC(C)=CCC[C@@]1(C)Oc2ccccc2[C@H]2O[C@@H](C)CC[C@@H]21. The molecule has 0 spiro atoms. The molecule has 22 heavy (non-hydrogen) atoms. The number of hydrogen-bond acceptors (Lipinski definition) is 2. The molecule has 0 amide bonds. The number of hydrogen-bond donors (Lipinski definition) is 0. The second-order valence-electron chi connectivity index (χ2n) is 7.32. The van der Waals surface area contributed by atoms with Crippen LogP contribution in [0.1, 0.15) is 65.0 Å². The van der Waals surface area contributed by atoms with E-state index in [0.717, 1.165) is 25.0 Å². The third kappa shape index (κ3) is 2.94. The van der Waals surface area contributed by atoms with Gasteiger partial charge in [-0.3, -0.25) is 0 Å². The van der Waals surface area contributed by atoms with E-state index in [-0.39, 0.29) is 11.7 Å². The summed E-state index contributed by atoms with van der Waals surface area (Å²) in [7, 11) is 0. The first-order chi connectivity index (χ1) is 10.5. The van der Waals surface area contributed by atoms with Gasteiger partial charge in [-0.05, 0) is 59.4 Å². The Balaban J connectivity index is 1.90. The van der Waals surface area contributed by atoms with E-state index in [1.165, 1.54) is 17.6 Å². The molecule has 2 aliphatic heterocycles. The Morgan fingerprint density at radius 1 is 1.27 bits per heavy atom. The lowest BCUT2D eigenvalue weighted by Gasteiger charge is -2.50. The summed E-state index contributed by atoms with van der Waals surface area (Å²) in [6, 6.07) is 8.41. The van der Waals surface area contributed by atoms with E-state index in [9.17, 15) is 0 Å². The van der Waals surface area contributed by atoms with E-state index in [0.29, 0.717) is 12.0 Å². The summed E-state index contributed by atoms with van der Waals surface area (Å²) in [5.41, 5.74) is 2.48. The number of rotatable bonds is 3. The molecule has 1 aromatic rings. The lowest BCUT2D eigenvalue weighted by molar-refractivity contribution is -0.152. The smallest absolute Gasteiger partial charge is 0.125 e. The minimum absolute atomic E-state index is 0.134. The van der Waals surface area contributed by atoms with Gasteiger partial charge in [0.25, 0.3) is 0 Å². The third-order valence-electron chi connectivity index (χ3n) is 5.17. The molecular weight excluding hydrogens is 272 g/mol. The van der Waals surface area contributed by atoms with Gasteiger partial charge in [0, 0.05) is 11.5 Å². The first-order valence-electron chi connectivity index (χ1n) is 8.56. The van der Waals surface area contributed by atoms with Crippen LogP contribution < -0.4 is 4.74 Å². The topological polar surface area (TPSA) is 18.5 Å². The maximum atomic E-state index is 6.50. The molecule has 0 saturated carbocycles. The Labute approximate surface area is 134 Å². The van der Waals surface area contributed by atoms with Gasteiger partial charge in [0.15, 0.2) is 0 Å². The largest absolute Gasteiger partial charge is 0.487 e. The molecule has 3 rings (SSSR count). The van der Waals surface area contributed by atoms with E-state index in [1.54, 1.807) is 0 Å². The number of fused-ring (bicyclic) bond motifs is 3. The summed E-state index contributed by atoms with van der Waals surface area (Å²) in [5, 5.41) is 0. The van der Waals surface area contributed by atoms with E-state index in [4.69, 9.17) is 9.47 Å². The lowest BCUT2D eigenvalue weighted by Crippen LogP contribution is -2.50. The molecule has 2 aliphatic rings. The molecule has 0 aliphatic carbocycles. The van der Waals surface area contributed by atoms with Crippen molar-refractivity contribution in [1.82, 2.24) is 0 Å². The highest BCUT2D eigenvalue weighted by atomic mass is 16.5. The summed E-state index contributed by atoms with van der Waals surface area (Å²) >= 11 is 0. The minimum Gasteiger partial charge on any atom is -0.487 e. The fourth-order valence-corrected chi connectivity index (χ4v) is 3.91. The number of allylic oxidation sites excluding steroid dienone is 2. The number of benzene rings is 1. The molecule has 1 fully saturated rings. The van der Waals surface area contributed by atoms with Gasteiger partial charge in [0.1, 0.15) is 11.4 Å². The summed E-state index contributed by atoms with van der Waals surface area (Å²) in [4.78, 5) is 0. The van der Waals surface area contributed by atoms with Crippen molar-refractivity contribution in [2.75, 3.05) is 0 Å². The quantitative estimate of drug-likeness (QED) is 0.692. The molecule has 1 aromatic carbocycles. The zero-order valence-electron chi connectivity index (χ0n) is 14.3. The van der Waals surface area contributed by atoms with Crippen molar-refractivity contribution >= 4 is 0 Å². The molecule has 0 aromatic heterocycles. The molecule has 0 radical (unpaired) electrons. The Bertz CT molecular complexity index is 559. The van der Waals surface area contributed by atoms with Gasteiger partial charge in [-0.1, -0.05) is 29.8 Å². The second kappa shape index (κ2) is 6.08. The Morgan fingerprint density at radius 2 is 2.05 bits per heavy atom. The van der Waals surface area contributed by atoms with Crippen molar-refractivity contribution < 1.29 is 9.47 Å². The van der Waals surface area contributed by atoms with Gasteiger partial charge >= 0.3 is 0 Å². The molecule has 0 unspecified atom stereocenters. The standard InChI is InChI=1S/C20H28O2/c1-14(2)8-7-13-20(4)17-12-11-15(3)21-19(17)16-9-5-6-10-18(16)22-20/h5-6,8-10,15,17,19H,7,11-13H2,1-4H3/t15-,17-,19+,20+/m0/s1. The van der Waals surface area contributed by atoms with Crippen LogP contribution in [0.2, 0.25) is 0 Å². The summed E-state index contributed by atoms with van der Waals surface area (Å²) < 4.78 is 12.8. The summed E-state index contributed by atoms with van der Waals surface area (Å²) in [6.45, 7) is 8.79. The highest BCUT2D eigenvalue weighted by molar-refractivity contribution is 5.39. The molecule has 120 valence electrons. The normalized spacial score (nSPS) is 33.4. The predicted molar refractivity (Wildman–Crippen MR) is 90.2 cm³/mol. The van der Waals surface area contributed by atoms with Crippen LogP contribution in [0.3, 0.4) is 0 Å². The van der Waals surface area contributed by atoms with Crippen LogP contribution in [-0.4, -0.2) is 11.7 Å². The zero-order chi connectivity index (χ0) is 15.7. The number of para-hydroxylation sites is 1. The van der Waals surface area contributed by atoms with Crippen molar-refractivity contribution in [2.45, 2.75) is 71.2 Å².